The van der Waals surface area contributed by atoms with Gasteiger partial charge in [0.1, 0.15) is 11.0 Å². The van der Waals surface area contributed by atoms with Gasteiger partial charge in [0.2, 0.25) is 0 Å². The minimum absolute atomic E-state index is 0.216. The highest BCUT2D eigenvalue weighted by Gasteiger charge is 2.19. The van der Waals surface area contributed by atoms with E-state index in [1.807, 2.05) is 6.07 Å². The lowest BCUT2D eigenvalue weighted by Gasteiger charge is -2.17. The second-order valence-electron chi connectivity index (χ2n) is 6.60. The Bertz CT molecular complexity index is 1400. The van der Waals surface area contributed by atoms with Gasteiger partial charge in [0, 0.05) is 30.9 Å². The Morgan fingerprint density at radius 2 is 1.52 bits per heavy atom. The first-order valence-electron chi connectivity index (χ1n) is 8.82. The molecule has 7 nitrogen and oxygen atoms in total. The van der Waals surface area contributed by atoms with E-state index in [2.05, 4.69) is 5.32 Å². The molecule has 0 radical (unpaired) electrons. The van der Waals surface area contributed by atoms with Crippen LogP contribution in [0.25, 0.3) is 16.7 Å². The number of benzene rings is 2. The molecule has 0 saturated heterocycles. The number of aryl methyl sites for hydroxylation is 1. The molecule has 146 valence electrons. The normalized spacial score (nSPS) is 11.0. The molecule has 2 heterocycles. The summed E-state index contributed by atoms with van der Waals surface area (Å²) in [5.41, 5.74) is 0.360. The molecule has 4 rings (SSSR count). The zero-order valence-electron chi connectivity index (χ0n) is 15.7. The molecular formula is C21H17ClN4O3. The van der Waals surface area contributed by atoms with Crippen molar-refractivity contribution in [1.29, 1.82) is 0 Å². The number of aromatic nitrogens is 3. The molecule has 0 unspecified atom stereocenters. The number of halogens is 1. The van der Waals surface area contributed by atoms with Crippen LogP contribution in [0, 0.1) is 0 Å². The van der Waals surface area contributed by atoms with Gasteiger partial charge in [-0.1, -0.05) is 29.8 Å². The number of anilines is 2. The van der Waals surface area contributed by atoms with Crippen molar-refractivity contribution in [2.45, 2.75) is 0 Å². The molecule has 0 saturated carbocycles. The second-order valence-corrected chi connectivity index (χ2v) is 7.04. The maximum atomic E-state index is 13.0. The van der Waals surface area contributed by atoms with Gasteiger partial charge < -0.3 is 5.32 Å². The van der Waals surface area contributed by atoms with Gasteiger partial charge in [-0.05, 0) is 36.4 Å². The first kappa shape index (κ1) is 18.8. The van der Waals surface area contributed by atoms with Crippen molar-refractivity contribution in [3.8, 4) is 5.69 Å². The quantitative estimate of drug-likeness (QED) is 0.565. The van der Waals surface area contributed by atoms with Crippen molar-refractivity contribution in [2.24, 2.45) is 14.1 Å². The van der Waals surface area contributed by atoms with Crippen LogP contribution in [0.3, 0.4) is 0 Å². The molecule has 0 aliphatic rings. The molecule has 0 amide bonds. The van der Waals surface area contributed by atoms with Gasteiger partial charge in [-0.15, -0.1) is 0 Å². The van der Waals surface area contributed by atoms with Crippen LogP contribution in [0.15, 0.2) is 75.0 Å². The van der Waals surface area contributed by atoms with E-state index in [4.69, 9.17) is 11.6 Å². The Balaban J connectivity index is 2.12. The van der Waals surface area contributed by atoms with Gasteiger partial charge in [0.05, 0.1) is 11.4 Å². The molecule has 0 aliphatic heterocycles. The van der Waals surface area contributed by atoms with E-state index in [1.54, 1.807) is 48.5 Å². The molecule has 2 aromatic heterocycles. The van der Waals surface area contributed by atoms with E-state index in [0.717, 1.165) is 4.57 Å². The van der Waals surface area contributed by atoms with Gasteiger partial charge >= 0.3 is 5.69 Å². The summed E-state index contributed by atoms with van der Waals surface area (Å²) < 4.78 is 3.69. The molecule has 29 heavy (non-hydrogen) atoms. The van der Waals surface area contributed by atoms with Crippen molar-refractivity contribution in [2.75, 3.05) is 5.32 Å². The number of pyridine rings is 1. The van der Waals surface area contributed by atoms with Crippen molar-refractivity contribution in [1.82, 2.24) is 13.7 Å². The Hall–Kier alpha value is -3.58. The summed E-state index contributed by atoms with van der Waals surface area (Å²) in [7, 11) is 2.95. The van der Waals surface area contributed by atoms with Crippen LogP contribution < -0.4 is 22.1 Å². The van der Waals surface area contributed by atoms with E-state index in [0.29, 0.717) is 22.1 Å². The number of rotatable bonds is 3. The number of fused-ring (bicyclic) bond motifs is 1. The molecule has 1 N–H and O–H groups in total. The zero-order valence-corrected chi connectivity index (χ0v) is 16.5. The van der Waals surface area contributed by atoms with Crippen LogP contribution >= 0.6 is 11.6 Å². The Labute approximate surface area is 170 Å². The fourth-order valence-electron chi connectivity index (χ4n) is 3.31. The van der Waals surface area contributed by atoms with Gasteiger partial charge in [-0.25, -0.2) is 4.79 Å². The Morgan fingerprint density at radius 1 is 0.862 bits per heavy atom. The standard InChI is InChI=1S/C21H17ClN4O3/c1-24-19-18(20(28)25(2)21(24)29)16(23-14-10-8-13(22)9-11-14)12-17(27)26(19)15-6-4-3-5-7-15/h3-12,23H,1-2H3. The fraction of sp³-hybridized carbons (Fsp3) is 0.0952. The third-order valence-electron chi connectivity index (χ3n) is 4.74. The third kappa shape index (κ3) is 3.15. The summed E-state index contributed by atoms with van der Waals surface area (Å²) in [5.74, 6) is 0. The molecule has 0 atom stereocenters. The van der Waals surface area contributed by atoms with Crippen LogP contribution in [-0.4, -0.2) is 13.7 Å². The Kier molecular flexibility index (Phi) is 4.60. The van der Waals surface area contributed by atoms with Crippen LogP contribution in [0.1, 0.15) is 0 Å². The van der Waals surface area contributed by atoms with Crippen molar-refractivity contribution < 1.29 is 0 Å². The molecule has 4 aromatic rings. The van der Waals surface area contributed by atoms with Crippen LogP contribution in [-0.2, 0) is 14.1 Å². The number of nitrogens with zero attached hydrogens (tertiary/aromatic N) is 3. The predicted octanol–water partition coefficient (Wildman–Crippen LogP) is 2.79. The topological polar surface area (TPSA) is 78.0 Å². The maximum absolute atomic E-state index is 13.0. The monoisotopic (exact) mass is 408 g/mol. The van der Waals surface area contributed by atoms with Crippen LogP contribution in [0.4, 0.5) is 11.4 Å². The smallest absolute Gasteiger partial charge is 0.332 e. The number of hydrogen-bond donors (Lipinski definition) is 1. The highest BCUT2D eigenvalue weighted by Crippen LogP contribution is 2.24. The number of hydrogen-bond acceptors (Lipinski definition) is 4. The minimum atomic E-state index is -0.518. The summed E-state index contributed by atoms with van der Waals surface area (Å²) in [5, 5.41) is 3.91. The summed E-state index contributed by atoms with van der Waals surface area (Å²) in [6, 6.07) is 17.1. The average Bonchev–Trinajstić information content (AvgIpc) is 2.72. The van der Waals surface area contributed by atoms with Gasteiger partial charge in [0.25, 0.3) is 11.1 Å². The SMILES string of the molecule is Cn1c(=O)c2c(Nc3ccc(Cl)cc3)cc(=O)n(-c3ccccc3)c2n(C)c1=O. The van der Waals surface area contributed by atoms with E-state index in [1.165, 1.54) is 29.3 Å². The lowest BCUT2D eigenvalue weighted by molar-refractivity contribution is 0.699. The maximum Gasteiger partial charge on any atom is 0.332 e. The molecule has 0 aliphatic carbocycles. The summed E-state index contributed by atoms with van der Waals surface area (Å²) >= 11 is 5.94. The van der Waals surface area contributed by atoms with Gasteiger partial charge in [0.15, 0.2) is 0 Å². The second kappa shape index (κ2) is 7.10. The molecule has 2 aromatic carbocycles. The minimum Gasteiger partial charge on any atom is -0.355 e. The van der Waals surface area contributed by atoms with E-state index in [9.17, 15) is 14.4 Å². The van der Waals surface area contributed by atoms with Crippen LogP contribution in [0.2, 0.25) is 5.02 Å². The molecule has 8 heteroatoms. The molecular weight excluding hydrogens is 392 g/mol. The summed E-state index contributed by atoms with van der Waals surface area (Å²) in [6.45, 7) is 0. The van der Waals surface area contributed by atoms with Gasteiger partial charge in [-0.3, -0.25) is 23.3 Å². The van der Waals surface area contributed by atoms with Crippen molar-refractivity contribution >= 4 is 34.0 Å². The predicted molar refractivity (Wildman–Crippen MR) is 115 cm³/mol. The molecule has 0 spiro atoms. The van der Waals surface area contributed by atoms with E-state index in [-0.39, 0.29) is 16.6 Å². The zero-order chi connectivity index (χ0) is 20.7. The largest absolute Gasteiger partial charge is 0.355 e. The average molecular weight is 409 g/mol. The molecule has 0 bridgehead atoms. The molecule has 0 fully saturated rings. The van der Waals surface area contributed by atoms with Gasteiger partial charge in [-0.2, -0.15) is 0 Å². The number of para-hydroxylation sites is 1. The van der Waals surface area contributed by atoms with Crippen LogP contribution in [0.5, 0.6) is 0 Å². The Morgan fingerprint density at radius 3 is 2.17 bits per heavy atom. The highest BCUT2D eigenvalue weighted by molar-refractivity contribution is 6.30. The first-order chi connectivity index (χ1) is 13.9. The third-order valence-corrected chi connectivity index (χ3v) is 4.99. The highest BCUT2D eigenvalue weighted by atomic mass is 35.5. The number of nitrogens with one attached hydrogen (secondary N) is 1. The summed E-state index contributed by atoms with van der Waals surface area (Å²) in [6.07, 6.45) is 0. The van der Waals surface area contributed by atoms with Crippen molar-refractivity contribution in [3.05, 3.63) is 96.9 Å². The van der Waals surface area contributed by atoms with E-state index < -0.39 is 11.2 Å². The van der Waals surface area contributed by atoms with E-state index >= 15 is 0 Å². The first-order valence-corrected chi connectivity index (χ1v) is 9.20. The fourth-order valence-corrected chi connectivity index (χ4v) is 3.44. The summed E-state index contributed by atoms with van der Waals surface area (Å²) in [4.78, 5) is 38.7. The lowest BCUT2D eigenvalue weighted by atomic mass is 10.2. The van der Waals surface area contributed by atoms with Crippen molar-refractivity contribution in [3.63, 3.8) is 0 Å². The lowest BCUT2D eigenvalue weighted by Crippen LogP contribution is -2.39.